The molecule has 1 atom stereocenters. The number of rotatable bonds is 7. The van der Waals surface area contributed by atoms with Gasteiger partial charge in [-0.1, -0.05) is 59.6 Å². The van der Waals surface area contributed by atoms with E-state index in [2.05, 4.69) is 10.9 Å². The topological polar surface area (TPSA) is 70.7 Å². The molecule has 3 aromatic rings. The van der Waals surface area contributed by atoms with Crippen LogP contribution < -0.4 is 20.5 Å². The number of hydrogen-bond acceptors (Lipinski definition) is 4. The third-order valence-electron chi connectivity index (χ3n) is 5.15. The van der Waals surface area contributed by atoms with Gasteiger partial charge in [0.15, 0.2) is 0 Å². The fourth-order valence-electron chi connectivity index (χ4n) is 3.46. The molecule has 8 heteroatoms. The Morgan fingerprint density at radius 1 is 1.00 bits per heavy atom. The van der Waals surface area contributed by atoms with Crippen molar-refractivity contribution in [1.29, 1.82) is 0 Å². The second kappa shape index (κ2) is 9.94. The summed E-state index contributed by atoms with van der Waals surface area (Å²) in [5.41, 5.74) is 7.88. The van der Waals surface area contributed by atoms with Gasteiger partial charge in [-0.3, -0.25) is 20.4 Å². The van der Waals surface area contributed by atoms with Crippen molar-refractivity contribution < 1.29 is 14.3 Å². The van der Waals surface area contributed by atoms with Gasteiger partial charge >= 0.3 is 0 Å². The lowest BCUT2D eigenvalue weighted by molar-refractivity contribution is -0.125. The van der Waals surface area contributed by atoms with Crippen LogP contribution in [0, 0.1) is 5.92 Å². The number of benzene rings is 3. The van der Waals surface area contributed by atoms with Gasteiger partial charge in [-0.2, -0.15) is 0 Å². The maximum absolute atomic E-state index is 12.7. The van der Waals surface area contributed by atoms with Crippen molar-refractivity contribution >= 4 is 46.4 Å². The molecule has 2 amide bonds. The molecule has 6 nitrogen and oxygen atoms in total. The number of ether oxygens (including phenoxy) is 1. The number of nitrogens with zero attached hydrogens (tertiary/aromatic N) is 1. The summed E-state index contributed by atoms with van der Waals surface area (Å²) in [5, 5.41) is 0.943. The molecule has 1 heterocycles. The number of halogens is 2. The van der Waals surface area contributed by atoms with E-state index < -0.39 is 5.92 Å². The SMILES string of the molecule is O=C(NNc1ccccc1OCc1ccc(Cl)c(Cl)c1)[C@@H]1CC(=O)N(c2ccccc2)C1. The van der Waals surface area contributed by atoms with E-state index in [1.54, 1.807) is 29.2 Å². The van der Waals surface area contributed by atoms with Crippen LogP contribution in [0.3, 0.4) is 0 Å². The number of anilines is 2. The van der Waals surface area contributed by atoms with Crippen LogP contribution in [0.4, 0.5) is 11.4 Å². The minimum Gasteiger partial charge on any atom is -0.487 e. The van der Waals surface area contributed by atoms with Crippen molar-refractivity contribution in [1.82, 2.24) is 5.43 Å². The molecular weight excluding hydrogens is 449 g/mol. The zero-order valence-corrected chi connectivity index (χ0v) is 18.6. The molecule has 3 aromatic carbocycles. The molecule has 0 saturated carbocycles. The summed E-state index contributed by atoms with van der Waals surface area (Å²) in [6, 6.07) is 21.9. The van der Waals surface area contributed by atoms with Crippen molar-refractivity contribution in [2.45, 2.75) is 13.0 Å². The average Bonchev–Trinajstić information content (AvgIpc) is 3.21. The first-order valence-corrected chi connectivity index (χ1v) is 10.8. The normalized spacial score (nSPS) is 15.5. The summed E-state index contributed by atoms with van der Waals surface area (Å²) in [7, 11) is 0. The molecule has 1 aliphatic heterocycles. The van der Waals surface area contributed by atoms with E-state index in [-0.39, 0.29) is 24.8 Å². The lowest BCUT2D eigenvalue weighted by Gasteiger charge is -2.17. The number of para-hydroxylation sites is 3. The summed E-state index contributed by atoms with van der Waals surface area (Å²) < 4.78 is 5.89. The Labute approximate surface area is 196 Å². The predicted molar refractivity (Wildman–Crippen MR) is 126 cm³/mol. The second-order valence-electron chi connectivity index (χ2n) is 7.39. The first kappa shape index (κ1) is 22.0. The van der Waals surface area contributed by atoms with Crippen LogP contribution in [0.5, 0.6) is 5.75 Å². The fourth-order valence-corrected chi connectivity index (χ4v) is 3.78. The lowest BCUT2D eigenvalue weighted by Crippen LogP contribution is -2.36. The highest BCUT2D eigenvalue weighted by Gasteiger charge is 2.35. The monoisotopic (exact) mass is 469 g/mol. The Kier molecular flexibility index (Phi) is 6.83. The standard InChI is InChI=1S/C24H21Cl2N3O3/c25-19-11-10-16(12-20(19)26)15-32-22-9-5-4-8-21(22)27-28-24(31)17-13-23(30)29(14-17)18-6-2-1-3-7-18/h1-12,17,27H,13-15H2,(H,28,31)/t17-/m1/s1. The summed E-state index contributed by atoms with van der Waals surface area (Å²) in [4.78, 5) is 26.7. The molecule has 1 aliphatic rings. The third kappa shape index (κ3) is 5.15. The number of nitrogens with one attached hydrogen (secondary N) is 2. The summed E-state index contributed by atoms with van der Waals surface area (Å²) >= 11 is 12.0. The van der Waals surface area contributed by atoms with Crippen molar-refractivity contribution in [2.24, 2.45) is 5.92 Å². The number of amides is 2. The Bertz CT molecular complexity index is 1120. The van der Waals surface area contributed by atoms with Crippen molar-refractivity contribution in [3.63, 3.8) is 0 Å². The summed E-state index contributed by atoms with van der Waals surface area (Å²) in [5.74, 6) is -0.204. The smallest absolute Gasteiger partial charge is 0.243 e. The van der Waals surface area contributed by atoms with Crippen molar-refractivity contribution in [3.8, 4) is 5.75 Å². The molecule has 32 heavy (non-hydrogen) atoms. The van der Waals surface area contributed by atoms with Crippen LogP contribution in [0.2, 0.25) is 10.0 Å². The highest BCUT2D eigenvalue weighted by atomic mass is 35.5. The van der Waals surface area contributed by atoms with Gasteiger partial charge < -0.3 is 9.64 Å². The average molecular weight is 470 g/mol. The van der Waals surface area contributed by atoms with Gasteiger partial charge in [0.05, 0.1) is 21.7 Å². The van der Waals surface area contributed by atoms with Gasteiger partial charge in [0.25, 0.3) is 0 Å². The van der Waals surface area contributed by atoms with Gasteiger partial charge in [0, 0.05) is 18.7 Å². The van der Waals surface area contributed by atoms with Crippen LogP contribution >= 0.6 is 23.2 Å². The van der Waals surface area contributed by atoms with Gasteiger partial charge in [-0.05, 0) is 42.0 Å². The summed E-state index contributed by atoms with van der Waals surface area (Å²) in [6.45, 7) is 0.624. The minimum atomic E-state index is -0.445. The third-order valence-corrected chi connectivity index (χ3v) is 5.89. The molecule has 0 bridgehead atoms. The molecule has 0 aliphatic carbocycles. The van der Waals surface area contributed by atoms with Crippen molar-refractivity contribution in [2.75, 3.05) is 16.9 Å². The van der Waals surface area contributed by atoms with Crippen LogP contribution in [-0.4, -0.2) is 18.4 Å². The largest absolute Gasteiger partial charge is 0.487 e. The Morgan fingerprint density at radius 2 is 1.75 bits per heavy atom. The lowest BCUT2D eigenvalue weighted by atomic mass is 10.1. The van der Waals surface area contributed by atoms with Crippen molar-refractivity contribution in [3.05, 3.63) is 88.4 Å². The zero-order chi connectivity index (χ0) is 22.5. The number of hydrogen-bond donors (Lipinski definition) is 2. The molecule has 0 spiro atoms. The van der Waals surface area contributed by atoms with Gasteiger partial charge in [-0.15, -0.1) is 0 Å². The predicted octanol–water partition coefficient (Wildman–Crippen LogP) is 5.07. The zero-order valence-electron chi connectivity index (χ0n) is 17.1. The molecule has 164 valence electrons. The number of hydrazine groups is 1. The molecule has 1 saturated heterocycles. The van der Waals surface area contributed by atoms with Crippen LogP contribution in [0.1, 0.15) is 12.0 Å². The van der Waals surface area contributed by atoms with Gasteiger partial charge in [0.1, 0.15) is 12.4 Å². The van der Waals surface area contributed by atoms with E-state index in [0.29, 0.717) is 28.0 Å². The van der Waals surface area contributed by atoms with E-state index in [0.717, 1.165) is 11.3 Å². The first-order chi connectivity index (χ1) is 15.5. The highest BCUT2D eigenvalue weighted by molar-refractivity contribution is 6.42. The first-order valence-electron chi connectivity index (χ1n) is 10.1. The van der Waals surface area contributed by atoms with Crippen LogP contribution in [0.15, 0.2) is 72.8 Å². The second-order valence-corrected chi connectivity index (χ2v) is 8.20. The Balaban J connectivity index is 1.35. The highest BCUT2D eigenvalue weighted by Crippen LogP contribution is 2.28. The molecule has 0 unspecified atom stereocenters. The molecule has 2 N–H and O–H groups in total. The Morgan fingerprint density at radius 3 is 2.53 bits per heavy atom. The number of carbonyl (C=O) groups excluding carboxylic acids is 2. The van der Waals surface area contributed by atoms with Crippen LogP contribution in [0.25, 0.3) is 0 Å². The van der Waals surface area contributed by atoms with E-state index in [4.69, 9.17) is 27.9 Å². The fraction of sp³-hybridized carbons (Fsp3) is 0.167. The van der Waals surface area contributed by atoms with E-state index >= 15 is 0 Å². The van der Waals surface area contributed by atoms with Gasteiger partial charge in [0.2, 0.25) is 11.8 Å². The molecule has 1 fully saturated rings. The van der Waals surface area contributed by atoms with E-state index in [1.165, 1.54) is 0 Å². The molecular formula is C24H21Cl2N3O3. The van der Waals surface area contributed by atoms with Crippen LogP contribution in [-0.2, 0) is 16.2 Å². The molecule has 0 aromatic heterocycles. The summed E-state index contributed by atoms with van der Waals surface area (Å²) in [6.07, 6.45) is 0.165. The van der Waals surface area contributed by atoms with E-state index in [1.807, 2.05) is 48.5 Å². The minimum absolute atomic E-state index is 0.0679. The molecule has 0 radical (unpaired) electrons. The Hall–Kier alpha value is -3.22. The maximum atomic E-state index is 12.7. The maximum Gasteiger partial charge on any atom is 0.243 e. The number of carbonyl (C=O) groups is 2. The van der Waals surface area contributed by atoms with Gasteiger partial charge in [-0.25, -0.2) is 0 Å². The van der Waals surface area contributed by atoms with E-state index in [9.17, 15) is 9.59 Å². The molecule has 4 rings (SSSR count). The quantitative estimate of drug-likeness (QED) is 0.474.